The van der Waals surface area contributed by atoms with Crippen LogP contribution in [0.3, 0.4) is 0 Å². The number of nitrogens with zero attached hydrogens (tertiary/aromatic N) is 1. The smallest absolute Gasteiger partial charge is 0.267 e. The van der Waals surface area contributed by atoms with E-state index in [0.29, 0.717) is 6.54 Å². The second-order valence-corrected chi connectivity index (χ2v) is 4.52. The highest BCUT2D eigenvalue weighted by molar-refractivity contribution is 5.94. The molecule has 0 fully saturated rings. The minimum atomic E-state index is 0.00545. The summed E-state index contributed by atoms with van der Waals surface area (Å²) in [5, 5.41) is 2.93. The van der Waals surface area contributed by atoms with Gasteiger partial charge in [-0.2, -0.15) is 0 Å². The Hall–Kier alpha value is -2.03. The van der Waals surface area contributed by atoms with Crippen molar-refractivity contribution in [3.05, 3.63) is 48.3 Å². The molecule has 1 N–H and O–H groups in total. The number of aryl methyl sites for hydroxylation is 1. The van der Waals surface area contributed by atoms with Crippen molar-refractivity contribution in [1.29, 1.82) is 0 Å². The Morgan fingerprint density at radius 2 is 1.89 bits per heavy atom. The largest absolute Gasteiger partial charge is 0.351 e. The number of amides is 1. The topological polar surface area (TPSA) is 34.0 Å². The first-order valence-electron chi connectivity index (χ1n) is 6.80. The molecule has 0 radical (unpaired) electrons. The van der Waals surface area contributed by atoms with Crippen molar-refractivity contribution in [2.45, 2.75) is 26.8 Å². The minimum Gasteiger partial charge on any atom is -0.351 e. The summed E-state index contributed by atoms with van der Waals surface area (Å²) in [6.45, 7) is 5.61. The molecule has 1 aromatic heterocycles. The normalized spacial score (nSPS) is 10.4. The number of aromatic nitrogens is 1. The van der Waals surface area contributed by atoms with E-state index in [1.165, 1.54) is 0 Å². The molecular weight excluding hydrogens is 236 g/mol. The Morgan fingerprint density at radius 1 is 1.16 bits per heavy atom. The van der Waals surface area contributed by atoms with Crippen molar-refractivity contribution < 1.29 is 4.79 Å². The lowest BCUT2D eigenvalue weighted by Gasteiger charge is -2.06. The Labute approximate surface area is 114 Å². The predicted octanol–water partition coefficient (Wildman–Crippen LogP) is 3.31. The molecule has 0 saturated carbocycles. The van der Waals surface area contributed by atoms with Crippen LogP contribution in [-0.4, -0.2) is 17.0 Å². The molecule has 1 aromatic carbocycles. The molecule has 0 unspecified atom stereocenters. The van der Waals surface area contributed by atoms with Gasteiger partial charge in [0.2, 0.25) is 0 Å². The SMILES string of the molecule is CCCNC(=O)c1cc(-c2ccccc2)cn1CC. The van der Waals surface area contributed by atoms with Crippen LogP contribution in [0.1, 0.15) is 30.8 Å². The molecule has 2 rings (SSSR count). The molecule has 0 aliphatic heterocycles. The van der Waals surface area contributed by atoms with Crippen molar-refractivity contribution in [2.24, 2.45) is 0 Å². The molecule has 0 spiro atoms. The van der Waals surface area contributed by atoms with Crippen LogP contribution in [0.4, 0.5) is 0 Å². The molecule has 1 amide bonds. The Morgan fingerprint density at radius 3 is 2.53 bits per heavy atom. The quantitative estimate of drug-likeness (QED) is 0.875. The molecule has 0 saturated heterocycles. The second kappa shape index (κ2) is 6.23. The summed E-state index contributed by atoms with van der Waals surface area (Å²) in [6.07, 6.45) is 2.99. The first-order valence-corrected chi connectivity index (χ1v) is 6.80. The van der Waals surface area contributed by atoms with E-state index in [2.05, 4.69) is 24.4 Å². The zero-order valence-electron chi connectivity index (χ0n) is 11.5. The van der Waals surface area contributed by atoms with Crippen molar-refractivity contribution >= 4 is 5.91 Å². The number of hydrogen-bond donors (Lipinski definition) is 1. The molecule has 3 heteroatoms. The van der Waals surface area contributed by atoms with Crippen LogP contribution in [-0.2, 0) is 6.54 Å². The third-order valence-electron chi connectivity index (χ3n) is 3.11. The van der Waals surface area contributed by atoms with E-state index in [9.17, 15) is 4.79 Å². The zero-order chi connectivity index (χ0) is 13.7. The van der Waals surface area contributed by atoms with Gasteiger partial charge < -0.3 is 9.88 Å². The van der Waals surface area contributed by atoms with Gasteiger partial charge in [0.1, 0.15) is 5.69 Å². The Bertz CT molecular complexity index is 543. The minimum absolute atomic E-state index is 0.00545. The number of rotatable bonds is 5. The van der Waals surface area contributed by atoms with Crippen LogP contribution in [0.2, 0.25) is 0 Å². The predicted molar refractivity (Wildman–Crippen MR) is 78.2 cm³/mol. The van der Waals surface area contributed by atoms with Gasteiger partial charge in [0.05, 0.1) is 0 Å². The molecular formula is C16H20N2O. The summed E-state index contributed by atoms with van der Waals surface area (Å²) >= 11 is 0. The molecule has 100 valence electrons. The fourth-order valence-corrected chi connectivity index (χ4v) is 2.08. The second-order valence-electron chi connectivity index (χ2n) is 4.52. The highest BCUT2D eigenvalue weighted by atomic mass is 16.1. The van der Waals surface area contributed by atoms with Gasteiger partial charge in [0.15, 0.2) is 0 Å². The van der Waals surface area contributed by atoms with Crippen molar-refractivity contribution in [2.75, 3.05) is 6.54 Å². The summed E-state index contributed by atoms with van der Waals surface area (Å²) in [4.78, 5) is 12.1. The van der Waals surface area contributed by atoms with Crippen LogP contribution in [0, 0.1) is 0 Å². The van der Waals surface area contributed by atoms with Gasteiger partial charge >= 0.3 is 0 Å². The number of benzene rings is 1. The van der Waals surface area contributed by atoms with Gasteiger partial charge in [-0.1, -0.05) is 37.3 Å². The van der Waals surface area contributed by atoms with Crippen LogP contribution in [0.5, 0.6) is 0 Å². The highest BCUT2D eigenvalue weighted by Gasteiger charge is 2.12. The summed E-state index contributed by atoms with van der Waals surface area (Å²) in [5.74, 6) is 0.00545. The fraction of sp³-hybridized carbons (Fsp3) is 0.312. The summed E-state index contributed by atoms with van der Waals surface area (Å²) in [7, 11) is 0. The fourth-order valence-electron chi connectivity index (χ4n) is 2.08. The Balaban J connectivity index is 2.30. The van der Waals surface area contributed by atoms with E-state index < -0.39 is 0 Å². The van der Waals surface area contributed by atoms with Crippen molar-refractivity contribution in [3.8, 4) is 11.1 Å². The monoisotopic (exact) mass is 256 g/mol. The molecule has 0 atom stereocenters. The van der Waals surface area contributed by atoms with E-state index >= 15 is 0 Å². The summed E-state index contributed by atoms with van der Waals surface area (Å²) < 4.78 is 1.99. The maximum absolute atomic E-state index is 12.1. The summed E-state index contributed by atoms with van der Waals surface area (Å²) in [6, 6.07) is 12.1. The lowest BCUT2D eigenvalue weighted by Crippen LogP contribution is -2.26. The van der Waals surface area contributed by atoms with Gasteiger partial charge in [-0.05, 0) is 25.0 Å². The van der Waals surface area contributed by atoms with Gasteiger partial charge in [0.25, 0.3) is 5.91 Å². The number of nitrogens with one attached hydrogen (secondary N) is 1. The van der Waals surface area contributed by atoms with Gasteiger partial charge in [-0.25, -0.2) is 0 Å². The zero-order valence-corrected chi connectivity index (χ0v) is 11.5. The molecule has 2 aromatic rings. The maximum Gasteiger partial charge on any atom is 0.267 e. The molecule has 0 aliphatic rings. The van der Waals surface area contributed by atoms with E-state index in [1.807, 2.05) is 42.0 Å². The van der Waals surface area contributed by atoms with Crippen molar-refractivity contribution in [1.82, 2.24) is 9.88 Å². The van der Waals surface area contributed by atoms with Gasteiger partial charge in [-0.3, -0.25) is 4.79 Å². The standard InChI is InChI=1S/C16H20N2O/c1-3-10-17-16(19)15-11-14(12-18(15)4-2)13-8-6-5-7-9-13/h5-9,11-12H,3-4,10H2,1-2H3,(H,17,19). The summed E-state index contributed by atoms with van der Waals surface area (Å²) in [5.41, 5.74) is 2.96. The maximum atomic E-state index is 12.1. The van der Waals surface area contributed by atoms with E-state index in [4.69, 9.17) is 0 Å². The van der Waals surface area contributed by atoms with Gasteiger partial charge in [0, 0.05) is 24.8 Å². The lowest BCUT2D eigenvalue weighted by atomic mass is 10.1. The van der Waals surface area contributed by atoms with Crippen LogP contribution >= 0.6 is 0 Å². The first-order chi connectivity index (χ1) is 9.26. The van der Waals surface area contributed by atoms with Crippen LogP contribution < -0.4 is 5.32 Å². The van der Waals surface area contributed by atoms with Crippen LogP contribution in [0.25, 0.3) is 11.1 Å². The first kappa shape index (κ1) is 13.4. The third-order valence-corrected chi connectivity index (χ3v) is 3.11. The lowest BCUT2D eigenvalue weighted by molar-refractivity contribution is 0.0944. The number of carbonyl (C=O) groups excluding carboxylic acids is 1. The molecule has 19 heavy (non-hydrogen) atoms. The van der Waals surface area contributed by atoms with E-state index in [1.54, 1.807) is 0 Å². The molecule has 3 nitrogen and oxygen atoms in total. The van der Waals surface area contributed by atoms with Gasteiger partial charge in [-0.15, -0.1) is 0 Å². The molecule has 0 bridgehead atoms. The third kappa shape index (κ3) is 3.05. The molecule has 0 aliphatic carbocycles. The average molecular weight is 256 g/mol. The number of hydrogen-bond acceptors (Lipinski definition) is 1. The highest BCUT2D eigenvalue weighted by Crippen LogP contribution is 2.22. The number of carbonyl (C=O) groups is 1. The average Bonchev–Trinajstić information content (AvgIpc) is 2.90. The molecule has 1 heterocycles. The Kier molecular flexibility index (Phi) is 4.39. The van der Waals surface area contributed by atoms with E-state index in [-0.39, 0.29) is 5.91 Å². The van der Waals surface area contributed by atoms with E-state index in [0.717, 1.165) is 29.8 Å². The van der Waals surface area contributed by atoms with Crippen LogP contribution in [0.15, 0.2) is 42.6 Å². The van der Waals surface area contributed by atoms with Crippen molar-refractivity contribution in [3.63, 3.8) is 0 Å².